The summed E-state index contributed by atoms with van der Waals surface area (Å²) in [6, 6.07) is 0.391. The molecule has 0 bridgehead atoms. The molecule has 0 aliphatic carbocycles. The minimum atomic E-state index is 0.391. The van der Waals surface area contributed by atoms with Crippen molar-refractivity contribution >= 4 is 0 Å². The van der Waals surface area contributed by atoms with Gasteiger partial charge in [0.25, 0.3) is 0 Å². The Bertz CT molecular complexity index is 327. The van der Waals surface area contributed by atoms with Crippen molar-refractivity contribution in [1.29, 1.82) is 0 Å². The van der Waals surface area contributed by atoms with E-state index in [9.17, 15) is 0 Å². The Hall–Kier alpha value is -0.910. The van der Waals surface area contributed by atoms with Gasteiger partial charge in [0.15, 0.2) is 0 Å². The van der Waals surface area contributed by atoms with Crippen LogP contribution in [0, 0.1) is 0 Å². The van der Waals surface area contributed by atoms with Gasteiger partial charge < -0.3 is 10.1 Å². The van der Waals surface area contributed by atoms with Gasteiger partial charge in [-0.15, -0.1) is 0 Å². The van der Waals surface area contributed by atoms with Crippen molar-refractivity contribution in [3.63, 3.8) is 0 Å². The van der Waals surface area contributed by atoms with E-state index in [1.54, 1.807) is 7.11 Å². The molecule has 5 nitrogen and oxygen atoms in total. The summed E-state index contributed by atoms with van der Waals surface area (Å²) in [5.41, 5.74) is 1.23. The van der Waals surface area contributed by atoms with Crippen molar-refractivity contribution in [2.75, 3.05) is 33.9 Å². The molecule has 0 saturated carbocycles. The summed E-state index contributed by atoms with van der Waals surface area (Å²) in [6.45, 7) is 5.83. The van der Waals surface area contributed by atoms with E-state index in [0.717, 1.165) is 32.7 Å². The first-order valence-electron chi connectivity index (χ1n) is 6.54. The van der Waals surface area contributed by atoms with Crippen molar-refractivity contribution < 1.29 is 4.74 Å². The van der Waals surface area contributed by atoms with Crippen LogP contribution in [0.3, 0.4) is 0 Å². The topological polar surface area (TPSA) is 42.3 Å². The molecule has 1 atom stereocenters. The summed E-state index contributed by atoms with van der Waals surface area (Å²) in [4.78, 5) is 2.31. The number of hydrogen-bond donors (Lipinski definition) is 1. The number of methoxy groups -OCH3 is 1. The number of hydrogen-bond acceptors (Lipinski definition) is 4. The van der Waals surface area contributed by atoms with Crippen molar-refractivity contribution in [1.82, 2.24) is 20.0 Å². The summed E-state index contributed by atoms with van der Waals surface area (Å²) in [5.74, 6) is 0. The third kappa shape index (κ3) is 5.16. The van der Waals surface area contributed by atoms with Gasteiger partial charge in [0.05, 0.1) is 12.8 Å². The summed E-state index contributed by atoms with van der Waals surface area (Å²) in [7, 11) is 5.83. The van der Waals surface area contributed by atoms with Crippen LogP contribution in [0.4, 0.5) is 0 Å². The van der Waals surface area contributed by atoms with Crippen LogP contribution in [0.1, 0.15) is 18.9 Å². The van der Waals surface area contributed by atoms with E-state index in [4.69, 9.17) is 4.74 Å². The monoisotopic (exact) mass is 254 g/mol. The fraction of sp³-hybridized carbons (Fsp3) is 0.769. The van der Waals surface area contributed by atoms with Crippen LogP contribution in [-0.2, 0) is 18.3 Å². The average molecular weight is 254 g/mol. The summed E-state index contributed by atoms with van der Waals surface area (Å²) < 4.78 is 7.13. The highest BCUT2D eigenvalue weighted by Crippen LogP contribution is 2.05. The van der Waals surface area contributed by atoms with Crippen LogP contribution in [-0.4, -0.2) is 54.6 Å². The van der Waals surface area contributed by atoms with Gasteiger partial charge in [-0.05, 0) is 20.0 Å². The van der Waals surface area contributed by atoms with E-state index in [-0.39, 0.29) is 0 Å². The lowest BCUT2D eigenvalue weighted by Gasteiger charge is -2.27. The second-order valence-corrected chi connectivity index (χ2v) is 4.75. The highest BCUT2D eigenvalue weighted by molar-refractivity contribution is 5.03. The second kappa shape index (κ2) is 8.24. The molecule has 18 heavy (non-hydrogen) atoms. The Morgan fingerprint density at radius 3 is 2.89 bits per heavy atom. The largest absolute Gasteiger partial charge is 0.383 e. The van der Waals surface area contributed by atoms with Crippen LogP contribution in [0.15, 0.2) is 12.4 Å². The van der Waals surface area contributed by atoms with Gasteiger partial charge in [-0.2, -0.15) is 5.10 Å². The van der Waals surface area contributed by atoms with Gasteiger partial charge in [-0.3, -0.25) is 9.58 Å². The predicted molar refractivity (Wildman–Crippen MR) is 73.5 cm³/mol. The molecule has 0 aliphatic heterocycles. The van der Waals surface area contributed by atoms with Gasteiger partial charge in [0.1, 0.15) is 0 Å². The van der Waals surface area contributed by atoms with E-state index >= 15 is 0 Å². The highest BCUT2D eigenvalue weighted by Gasteiger charge is 2.14. The number of aryl methyl sites for hydroxylation is 1. The van der Waals surface area contributed by atoms with Gasteiger partial charge >= 0.3 is 0 Å². The van der Waals surface area contributed by atoms with Crippen molar-refractivity contribution in [2.24, 2.45) is 7.05 Å². The molecule has 1 heterocycles. The SMILES string of the molecule is CCCNCC(COC)N(C)Cc1cnn(C)c1. The molecule has 104 valence electrons. The third-order valence-electron chi connectivity index (χ3n) is 2.98. The van der Waals surface area contributed by atoms with Crippen molar-refractivity contribution in [3.05, 3.63) is 18.0 Å². The Kier molecular flexibility index (Phi) is 6.93. The van der Waals surface area contributed by atoms with Crippen LogP contribution in [0.25, 0.3) is 0 Å². The molecule has 0 spiro atoms. The van der Waals surface area contributed by atoms with Crippen LogP contribution in [0.5, 0.6) is 0 Å². The number of likely N-dealkylation sites (N-methyl/N-ethyl adjacent to an activating group) is 1. The Morgan fingerprint density at radius 1 is 1.56 bits per heavy atom. The Labute approximate surface area is 110 Å². The normalized spacial score (nSPS) is 13.2. The Morgan fingerprint density at radius 2 is 2.33 bits per heavy atom. The zero-order chi connectivity index (χ0) is 13.4. The minimum absolute atomic E-state index is 0.391. The van der Waals surface area contributed by atoms with Crippen LogP contribution < -0.4 is 5.32 Å². The minimum Gasteiger partial charge on any atom is -0.383 e. The molecule has 1 aromatic rings. The maximum atomic E-state index is 5.30. The molecule has 1 rings (SSSR count). The number of aromatic nitrogens is 2. The maximum absolute atomic E-state index is 5.30. The maximum Gasteiger partial charge on any atom is 0.0630 e. The lowest BCUT2D eigenvalue weighted by Crippen LogP contribution is -2.42. The first-order chi connectivity index (χ1) is 8.67. The molecular weight excluding hydrogens is 228 g/mol. The molecule has 1 aromatic heterocycles. The summed E-state index contributed by atoms with van der Waals surface area (Å²) in [6.07, 6.45) is 5.13. The first-order valence-corrected chi connectivity index (χ1v) is 6.54. The van der Waals surface area contributed by atoms with Gasteiger partial charge in [0.2, 0.25) is 0 Å². The van der Waals surface area contributed by atoms with Crippen molar-refractivity contribution in [2.45, 2.75) is 25.9 Å². The molecule has 5 heteroatoms. The predicted octanol–water partition coefficient (Wildman–Crippen LogP) is 0.867. The van der Waals surface area contributed by atoms with E-state index < -0.39 is 0 Å². The van der Waals surface area contributed by atoms with Crippen LogP contribution >= 0.6 is 0 Å². The number of rotatable bonds is 9. The quantitative estimate of drug-likeness (QED) is 0.664. The third-order valence-corrected chi connectivity index (χ3v) is 2.98. The van der Waals surface area contributed by atoms with Gasteiger partial charge in [-0.25, -0.2) is 0 Å². The fourth-order valence-electron chi connectivity index (χ4n) is 1.95. The molecule has 0 fully saturated rings. The zero-order valence-corrected chi connectivity index (χ0v) is 12.0. The van der Waals surface area contributed by atoms with Gasteiger partial charge in [0, 0.05) is 45.0 Å². The van der Waals surface area contributed by atoms with Crippen molar-refractivity contribution in [3.8, 4) is 0 Å². The van der Waals surface area contributed by atoms with E-state index in [0.29, 0.717) is 6.04 Å². The highest BCUT2D eigenvalue weighted by atomic mass is 16.5. The van der Waals surface area contributed by atoms with Gasteiger partial charge in [-0.1, -0.05) is 6.92 Å². The Balaban J connectivity index is 2.44. The molecule has 0 aromatic carbocycles. The molecule has 1 N–H and O–H groups in total. The number of ether oxygens (including phenoxy) is 1. The van der Waals surface area contributed by atoms with E-state index in [2.05, 4.69) is 35.5 Å². The van der Waals surface area contributed by atoms with E-state index in [1.165, 1.54) is 5.56 Å². The molecule has 0 amide bonds. The average Bonchev–Trinajstić information content (AvgIpc) is 2.74. The lowest BCUT2D eigenvalue weighted by molar-refractivity contribution is 0.101. The summed E-state index contributed by atoms with van der Waals surface area (Å²) >= 11 is 0. The molecule has 0 radical (unpaired) electrons. The summed E-state index contributed by atoms with van der Waals surface area (Å²) in [5, 5.41) is 7.64. The molecule has 0 saturated heterocycles. The molecular formula is C13H26N4O. The standard InChI is InChI=1S/C13H26N4O/c1-5-6-14-8-13(11-18-4)16(2)9-12-7-15-17(3)10-12/h7,10,13-14H,5-6,8-9,11H2,1-4H3. The number of nitrogens with one attached hydrogen (secondary N) is 1. The number of nitrogens with zero attached hydrogens (tertiary/aromatic N) is 3. The fourth-order valence-corrected chi connectivity index (χ4v) is 1.95. The first kappa shape index (κ1) is 15.1. The van der Waals surface area contributed by atoms with Crippen LogP contribution in [0.2, 0.25) is 0 Å². The zero-order valence-electron chi connectivity index (χ0n) is 12.0. The lowest BCUT2D eigenvalue weighted by atomic mass is 10.2. The molecule has 1 unspecified atom stereocenters. The smallest absolute Gasteiger partial charge is 0.0630 e. The van der Waals surface area contributed by atoms with E-state index in [1.807, 2.05) is 17.9 Å². The second-order valence-electron chi connectivity index (χ2n) is 4.75. The molecule has 0 aliphatic rings.